The van der Waals surface area contributed by atoms with Gasteiger partial charge in [0.25, 0.3) is 0 Å². The van der Waals surface area contributed by atoms with E-state index in [-0.39, 0.29) is 17.2 Å². The molecule has 3 rings (SSSR count). The van der Waals surface area contributed by atoms with Crippen LogP contribution in [0.2, 0.25) is 0 Å². The molecule has 0 radical (unpaired) electrons. The first-order valence-electron chi connectivity index (χ1n) is 6.06. The van der Waals surface area contributed by atoms with Crippen molar-refractivity contribution in [3.8, 4) is 0 Å². The lowest BCUT2D eigenvalue weighted by Crippen LogP contribution is -2.56. The Hall–Kier alpha value is -0.750. The third kappa shape index (κ3) is 1.93. The molecule has 2 unspecified atom stereocenters. The Morgan fingerprint density at radius 1 is 1.29 bits per heavy atom. The highest BCUT2D eigenvalue weighted by Gasteiger charge is 2.49. The first-order chi connectivity index (χ1) is 8.18. The van der Waals surface area contributed by atoms with E-state index >= 15 is 0 Å². The Bertz CT molecular complexity index is 355. The molecular formula is C11H16N2O3S. The van der Waals surface area contributed by atoms with E-state index in [9.17, 15) is 14.7 Å². The molecule has 0 spiro atoms. The van der Waals surface area contributed by atoms with Crippen molar-refractivity contribution in [1.82, 2.24) is 10.2 Å². The Balaban J connectivity index is 1.78. The molecule has 5 nitrogen and oxygen atoms in total. The van der Waals surface area contributed by atoms with Crippen molar-refractivity contribution in [2.45, 2.75) is 24.3 Å². The maximum Gasteiger partial charge on any atom is 0.327 e. The Kier molecular flexibility index (Phi) is 2.78. The summed E-state index contributed by atoms with van der Waals surface area (Å²) in [7, 11) is 0. The minimum Gasteiger partial charge on any atom is -0.480 e. The first kappa shape index (κ1) is 11.3. The maximum absolute atomic E-state index is 12.3. The van der Waals surface area contributed by atoms with Gasteiger partial charge in [0.2, 0.25) is 5.91 Å². The summed E-state index contributed by atoms with van der Waals surface area (Å²) >= 11 is 1.64. The summed E-state index contributed by atoms with van der Waals surface area (Å²) in [6, 6.07) is -0.612. The van der Waals surface area contributed by atoms with Crippen LogP contribution in [0.25, 0.3) is 0 Å². The van der Waals surface area contributed by atoms with E-state index in [0.29, 0.717) is 24.8 Å². The zero-order valence-corrected chi connectivity index (χ0v) is 10.3. The highest BCUT2D eigenvalue weighted by molar-refractivity contribution is 8.00. The molecular weight excluding hydrogens is 240 g/mol. The van der Waals surface area contributed by atoms with Crippen molar-refractivity contribution in [2.75, 3.05) is 18.8 Å². The molecule has 2 aliphatic heterocycles. The standard InChI is InChI=1S/C11H16N2O3S/c14-9(7-3-12-4-7)13-8(11(15)16)5-17-10(13)6-1-2-6/h6-8,10,12H,1-5H2,(H,15,16). The van der Waals surface area contributed by atoms with Crippen molar-refractivity contribution < 1.29 is 14.7 Å². The van der Waals surface area contributed by atoms with E-state index in [4.69, 9.17) is 0 Å². The van der Waals surface area contributed by atoms with Crippen LogP contribution in [0.4, 0.5) is 0 Å². The molecule has 0 aromatic heterocycles. The summed E-state index contributed by atoms with van der Waals surface area (Å²) in [4.78, 5) is 25.2. The smallest absolute Gasteiger partial charge is 0.327 e. The van der Waals surface area contributed by atoms with Crippen LogP contribution in [-0.2, 0) is 9.59 Å². The van der Waals surface area contributed by atoms with Gasteiger partial charge in [-0.05, 0) is 18.8 Å². The summed E-state index contributed by atoms with van der Waals surface area (Å²) in [5.74, 6) is 0.250. The van der Waals surface area contributed by atoms with Gasteiger partial charge in [-0.15, -0.1) is 11.8 Å². The lowest BCUT2D eigenvalue weighted by Gasteiger charge is -2.35. The second kappa shape index (κ2) is 4.17. The van der Waals surface area contributed by atoms with Crippen molar-refractivity contribution in [2.24, 2.45) is 11.8 Å². The summed E-state index contributed by atoms with van der Waals surface area (Å²) in [6.07, 6.45) is 2.27. The van der Waals surface area contributed by atoms with Crippen LogP contribution in [0.3, 0.4) is 0 Å². The number of hydrogen-bond donors (Lipinski definition) is 2. The lowest BCUT2D eigenvalue weighted by atomic mass is 10.0. The molecule has 3 fully saturated rings. The SMILES string of the molecule is O=C(O)C1CSC(C2CC2)N1C(=O)C1CNC1. The van der Waals surface area contributed by atoms with Gasteiger partial charge in [0.1, 0.15) is 6.04 Å². The largest absolute Gasteiger partial charge is 0.480 e. The summed E-state index contributed by atoms with van der Waals surface area (Å²) < 4.78 is 0. The fraction of sp³-hybridized carbons (Fsp3) is 0.818. The molecule has 2 N–H and O–H groups in total. The van der Waals surface area contributed by atoms with Crippen molar-refractivity contribution in [3.05, 3.63) is 0 Å². The monoisotopic (exact) mass is 256 g/mol. The van der Waals surface area contributed by atoms with Crippen molar-refractivity contribution in [1.29, 1.82) is 0 Å². The van der Waals surface area contributed by atoms with Gasteiger partial charge in [0.15, 0.2) is 0 Å². The van der Waals surface area contributed by atoms with Crippen molar-refractivity contribution in [3.63, 3.8) is 0 Å². The van der Waals surface area contributed by atoms with Crippen LogP contribution in [0.15, 0.2) is 0 Å². The van der Waals surface area contributed by atoms with E-state index in [2.05, 4.69) is 5.32 Å². The highest BCUT2D eigenvalue weighted by Crippen LogP contribution is 2.45. The fourth-order valence-electron chi connectivity index (χ4n) is 2.42. The van der Waals surface area contributed by atoms with Gasteiger partial charge in [-0.3, -0.25) is 4.79 Å². The van der Waals surface area contributed by atoms with Gasteiger partial charge in [-0.1, -0.05) is 0 Å². The highest BCUT2D eigenvalue weighted by atomic mass is 32.2. The van der Waals surface area contributed by atoms with Crippen LogP contribution in [0, 0.1) is 11.8 Å². The topological polar surface area (TPSA) is 69.6 Å². The zero-order valence-electron chi connectivity index (χ0n) is 9.46. The van der Waals surface area contributed by atoms with Gasteiger partial charge in [-0.2, -0.15) is 0 Å². The number of carbonyl (C=O) groups excluding carboxylic acids is 1. The van der Waals surface area contributed by atoms with E-state index in [1.165, 1.54) is 0 Å². The van der Waals surface area contributed by atoms with Crippen LogP contribution >= 0.6 is 11.8 Å². The molecule has 2 atom stereocenters. The third-order valence-electron chi connectivity index (χ3n) is 3.73. The number of nitrogens with zero attached hydrogens (tertiary/aromatic N) is 1. The molecule has 0 aromatic rings. The van der Waals surface area contributed by atoms with Crippen molar-refractivity contribution >= 4 is 23.6 Å². The van der Waals surface area contributed by atoms with Gasteiger partial charge < -0.3 is 15.3 Å². The average molecular weight is 256 g/mol. The molecule has 1 saturated carbocycles. The molecule has 1 aliphatic carbocycles. The first-order valence-corrected chi connectivity index (χ1v) is 7.10. The third-order valence-corrected chi connectivity index (χ3v) is 5.19. The van der Waals surface area contributed by atoms with Crippen LogP contribution in [0.5, 0.6) is 0 Å². The normalized spacial score (nSPS) is 33.5. The maximum atomic E-state index is 12.3. The predicted molar refractivity (Wildman–Crippen MR) is 63.6 cm³/mol. The van der Waals surface area contributed by atoms with Gasteiger partial charge >= 0.3 is 5.97 Å². The van der Waals surface area contributed by atoms with Gasteiger partial charge in [0, 0.05) is 18.8 Å². The number of carboxylic acids is 1. The number of carbonyl (C=O) groups is 2. The number of hydrogen-bond acceptors (Lipinski definition) is 4. The molecule has 2 saturated heterocycles. The van der Waals surface area contributed by atoms with Gasteiger partial charge in [-0.25, -0.2) is 4.79 Å². The predicted octanol–water partition coefficient (Wildman–Crippen LogP) is -0.0295. The molecule has 17 heavy (non-hydrogen) atoms. The molecule has 94 valence electrons. The van der Waals surface area contributed by atoms with Crippen LogP contribution in [0.1, 0.15) is 12.8 Å². The van der Waals surface area contributed by atoms with E-state index in [1.807, 2.05) is 0 Å². The zero-order chi connectivity index (χ0) is 12.0. The molecule has 0 bridgehead atoms. The summed E-state index contributed by atoms with van der Waals surface area (Å²) in [5, 5.41) is 12.4. The minimum atomic E-state index is -0.860. The number of rotatable bonds is 3. The van der Waals surface area contributed by atoms with E-state index in [0.717, 1.165) is 12.8 Å². The Labute approximate surface area is 104 Å². The van der Waals surface area contributed by atoms with E-state index < -0.39 is 12.0 Å². The number of nitrogens with one attached hydrogen (secondary N) is 1. The average Bonchev–Trinajstić information content (AvgIpc) is 2.93. The molecule has 1 amide bonds. The number of thioether (sulfide) groups is 1. The lowest BCUT2D eigenvalue weighted by molar-refractivity contribution is -0.152. The Morgan fingerprint density at radius 3 is 2.47 bits per heavy atom. The number of aliphatic carboxylic acids is 1. The fourth-order valence-corrected chi connectivity index (χ4v) is 4.05. The van der Waals surface area contributed by atoms with Crippen LogP contribution < -0.4 is 5.32 Å². The Morgan fingerprint density at radius 2 is 2.00 bits per heavy atom. The second-order valence-corrected chi connectivity index (χ2v) is 6.17. The summed E-state index contributed by atoms with van der Waals surface area (Å²) in [5.41, 5.74) is 0. The molecule has 2 heterocycles. The number of amides is 1. The quantitative estimate of drug-likeness (QED) is 0.742. The molecule has 3 aliphatic rings. The van der Waals surface area contributed by atoms with Gasteiger partial charge in [0.05, 0.1) is 11.3 Å². The minimum absolute atomic E-state index is 0.00296. The summed E-state index contributed by atoms with van der Waals surface area (Å²) in [6.45, 7) is 1.40. The van der Waals surface area contributed by atoms with Crippen LogP contribution in [-0.4, -0.2) is 52.1 Å². The molecule has 6 heteroatoms. The molecule has 0 aromatic carbocycles. The second-order valence-electron chi connectivity index (χ2n) is 5.02. The van der Waals surface area contributed by atoms with E-state index in [1.54, 1.807) is 16.7 Å². The number of carboxylic acid groups (broad SMARTS) is 1.